The van der Waals surface area contributed by atoms with E-state index in [-0.39, 0.29) is 16.3 Å². The molecule has 3 rings (SSSR count). The van der Waals surface area contributed by atoms with Gasteiger partial charge in [0.1, 0.15) is 5.75 Å². The number of phenolic OH excluding ortho intramolecular Hbond substituents is 1. The summed E-state index contributed by atoms with van der Waals surface area (Å²) in [5, 5.41) is 13.5. The van der Waals surface area contributed by atoms with Gasteiger partial charge in [0.05, 0.1) is 11.2 Å². The average molecular weight is 398 g/mol. The van der Waals surface area contributed by atoms with Crippen LogP contribution in [0, 0.1) is 0 Å². The number of nitrogens with zero attached hydrogens (tertiary/aromatic N) is 1. The lowest BCUT2D eigenvalue weighted by molar-refractivity contribution is 0.0955. The third-order valence-electron chi connectivity index (χ3n) is 4.92. The fourth-order valence-corrected chi connectivity index (χ4v) is 3.39. The van der Waals surface area contributed by atoms with Gasteiger partial charge in [-0.1, -0.05) is 67.3 Å². The molecule has 1 fully saturated rings. The minimum absolute atomic E-state index is 0.0695. The zero-order valence-corrected chi connectivity index (χ0v) is 16.3. The molecule has 4 N–H and O–H groups in total. The SMILES string of the molecule is NC1(/C=C/c2ccc(/C=N/NC(=O)c3ccc(O)c(Cl)c3)cc2)CCCCC1. The number of benzene rings is 2. The maximum Gasteiger partial charge on any atom is 0.271 e. The smallest absolute Gasteiger partial charge is 0.271 e. The third-order valence-corrected chi connectivity index (χ3v) is 5.22. The molecule has 0 radical (unpaired) electrons. The van der Waals surface area contributed by atoms with Crippen molar-refractivity contribution in [3.63, 3.8) is 0 Å². The first kappa shape index (κ1) is 20.1. The summed E-state index contributed by atoms with van der Waals surface area (Å²) in [6.07, 6.45) is 11.5. The number of rotatable bonds is 5. The summed E-state index contributed by atoms with van der Waals surface area (Å²) in [4.78, 5) is 12.0. The van der Waals surface area contributed by atoms with Crippen LogP contribution in [0.15, 0.2) is 53.6 Å². The lowest BCUT2D eigenvalue weighted by Crippen LogP contribution is -2.39. The van der Waals surface area contributed by atoms with E-state index in [1.807, 2.05) is 24.3 Å². The first-order chi connectivity index (χ1) is 13.5. The first-order valence-electron chi connectivity index (χ1n) is 9.35. The summed E-state index contributed by atoms with van der Waals surface area (Å²) in [5.74, 6) is -0.474. The van der Waals surface area contributed by atoms with E-state index in [1.54, 1.807) is 6.21 Å². The van der Waals surface area contributed by atoms with E-state index in [0.717, 1.165) is 24.0 Å². The van der Waals surface area contributed by atoms with Crippen LogP contribution in [0.5, 0.6) is 5.75 Å². The van der Waals surface area contributed by atoms with Crippen molar-refractivity contribution in [2.45, 2.75) is 37.6 Å². The van der Waals surface area contributed by atoms with Crippen molar-refractivity contribution in [3.05, 3.63) is 70.3 Å². The second-order valence-corrected chi connectivity index (χ2v) is 7.57. The predicted molar refractivity (Wildman–Crippen MR) is 114 cm³/mol. The quantitative estimate of drug-likeness (QED) is 0.513. The van der Waals surface area contributed by atoms with Crippen LogP contribution in [0.3, 0.4) is 0 Å². The van der Waals surface area contributed by atoms with Crippen molar-refractivity contribution in [3.8, 4) is 5.75 Å². The average Bonchev–Trinajstić information content (AvgIpc) is 2.70. The number of carbonyl (C=O) groups excluding carboxylic acids is 1. The van der Waals surface area contributed by atoms with Gasteiger partial charge in [-0.15, -0.1) is 0 Å². The van der Waals surface area contributed by atoms with Gasteiger partial charge in [0.15, 0.2) is 0 Å². The van der Waals surface area contributed by atoms with E-state index in [1.165, 1.54) is 37.5 Å². The Morgan fingerprint density at radius 1 is 1.11 bits per heavy atom. The number of nitrogens with one attached hydrogen (secondary N) is 1. The summed E-state index contributed by atoms with van der Waals surface area (Å²) in [6, 6.07) is 12.1. The van der Waals surface area contributed by atoms with Crippen molar-refractivity contribution in [1.29, 1.82) is 0 Å². The van der Waals surface area contributed by atoms with Crippen LogP contribution in [0.25, 0.3) is 6.08 Å². The highest BCUT2D eigenvalue weighted by molar-refractivity contribution is 6.32. The molecule has 1 saturated carbocycles. The highest BCUT2D eigenvalue weighted by atomic mass is 35.5. The number of hydrazone groups is 1. The molecule has 0 aromatic heterocycles. The minimum Gasteiger partial charge on any atom is -0.506 e. The van der Waals surface area contributed by atoms with Crippen molar-refractivity contribution < 1.29 is 9.90 Å². The van der Waals surface area contributed by atoms with E-state index < -0.39 is 5.91 Å². The molecule has 0 heterocycles. The normalized spacial score (nSPS) is 16.5. The fourth-order valence-electron chi connectivity index (χ4n) is 3.21. The summed E-state index contributed by atoms with van der Waals surface area (Å²) >= 11 is 5.80. The Bertz CT molecular complexity index is 885. The Balaban J connectivity index is 1.56. The molecule has 5 nitrogen and oxygen atoms in total. The molecule has 1 amide bonds. The molecule has 0 bridgehead atoms. The Kier molecular flexibility index (Phi) is 6.49. The highest BCUT2D eigenvalue weighted by Gasteiger charge is 2.23. The van der Waals surface area contributed by atoms with Gasteiger partial charge in [0.2, 0.25) is 0 Å². The Morgan fingerprint density at radius 3 is 2.46 bits per heavy atom. The molecule has 28 heavy (non-hydrogen) atoms. The maximum absolute atomic E-state index is 12.0. The zero-order valence-electron chi connectivity index (χ0n) is 15.6. The van der Waals surface area contributed by atoms with Crippen LogP contribution in [0.2, 0.25) is 5.02 Å². The Labute approximate surface area is 169 Å². The first-order valence-corrected chi connectivity index (χ1v) is 9.73. The van der Waals surface area contributed by atoms with E-state index in [4.69, 9.17) is 17.3 Å². The van der Waals surface area contributed by atoms with Crippen molar-refractivity contribution in [1.82, 2.24) is 5.43 Å². The van der Waals surface area contributed by atoms with Gasteiger partial charge < -0.3 is 10.8 Å². The molecule has 1 aliphatic carbocycles. The van der Waals surface area contributed by atoms with Crippen LogP contribution in [-0.2, 0) is 0 Å². The molecule has 0 unspecified atom stereocenters. The highest BCUT2D eigenvalue weighted by Crippen LogP contribution is 2.27. The number of aromatic hydroxyl groups is 1. The van der Waals surface area contributed by atoms with Gasteiger partial charge in [0, 0.05) is 11.1 Å². The molecular formula is C22H24ClN3O2. The van der Waals surface area contributed by atoms with E-state index in [2.05, 4.69) is 22.7 Å². The molecule has 1 aliphatic rings. The molecule has 2 aromatic carbocycles. The molecular weight excluding hydrogens is 374 g/mol. The topological polar surface area (TPSA) is 87.7 Å². The standard InChI is InChI=1S/C22H24ClN3O2/c23-19-14-18(8-9-20(19)27)21(28)26-25-15-17-6-4-16(5-7-17)10-13-22(24)11-2-1-3-12-22/h4-10,13-15,27H,1-3,11-12,24H2,(H,26,28)/b13-10+,25-15+. The summed E-state index contributed by atoms with van der Waals surface area (Å²) in [7, 11) is 0. The zero-order chi connectivity index (χ0) is 20.0. The lowest BCUT2D eigenvalue weighted by atomic mass is 9.82. The van der Waals surface area contributed by atoms with E-state index in [9.17, 15) is 9.90 Å². The summed E-state index contributed by atoms with van der Waals surface area (Å²) in [5.41, 5.74) is 10.9. The molecule has 2 aromatic rings. The lowest BCUT2D eigenvalue weighted by Gasteiger charge is -2.30. The molecule has 0 atom stereocenters. The number of phenols is 1. The van der Waals surface area contributed by atoms with Gasteiger partial charge >= 0.3 is 0 Å². The number of amides is 1. The van der Waals surface area contributed by atoms with E-state index >= 15 is 0 Å². The van der Waals surface area contributed by atoms with Crippen LogP contribution in [0.4, 0.5) is 0 Å². The molecule has 0 aliphatic heterocycles. The molecule has 0 saturated heterocycles. The van der Waals surface area contributed by atoms with Crippen molar-refractivity contribution in [2.75, 3.05) is 0 Å². The molecule has 0 spiro atoms. The third kappa shape index (κ3) is 5.44. The van der Waals surface area contributed by atoms with Gasteiger partial charge in [-0.2, -0.15) is 5.10 Å². The van der Waals surface area contributed by atoms with Crippen molar-refractivity contribution >= 4 is 29.8 Å². The number of halogens is 1. The molecule has 6 heteroatoms. The van der Waals surface area contributed by atoms with Gasteiger partial charge in [-0.05, 0) is 42.2 Å². The van der Waals surface area contributed by atoms with Gasteiger partial charge in [-0.3, -0.25) is 4.79 Å². The van der Waals surface area contributed by atoms with E-state index in [0.29, 0.717) is 5.56 Å². The van der Waals surface area contributed by atoms with Crippen LogP contribution >= 0.6 is 11.6 Å². The van der Waals surface area contributed by atoms with Crippen LogP contribution in [0.1, 0.15) is 53.6 Å². The van der Waals surface area contributed by atoms with Crippen molar-refractivity contribution in [2.24, 2.45) is 10.8 Å². The largest absolute Gasteiger partial charge is 0.506 e. The van der Waals surface area contributed by atoms with Gasteiger partial charge in [-0.25, -0.2) is 5.43 Å². The van der Waals surface area contributed by atoms with Gasteiger partial charge in [0.25, 0.3) is 5.91 Å². The van der Waals surface area contributed by atoms with Crippen LogP contribution in [-0.4, -0.2) is 22.8 Å². The number of hydrogen-bond donors (Lipinski definition) is 3. The Morgan fingerprint density at radius 2 is 1.79 bits per heavy atom. The summed E-state index contributed by atoms with van der Waals surface area (Å²) in [6.45, 7) is 0. The predicted octanol–water partition coefficient (Wildman–Crippen LogP) is 4.48. The molecule has 146 valence electrons. The number of nitrogens with two attached hydrogens (primary N) is 1. The fraction of sp³-hybridized carbons (Fsp3) is 0.273. The summed E-state index contributed by atoms with van der Waals surface area (Å²) < 4.78 is 0. The second-order valence-electron chi connectivity index (χ2n) is 7.16. The second kappa shape index (κ2) is 9.04. The Hall–Kier alpha value is -2.63. The number of carbonyl (C=O) groups is 1. The number of hydrogen-bond acceptors (Lipinski definition) is 4. The maximum atomic E-state index is 12.0. The monoisotopic (exact) mass is 397 g/mol. The van der Waals surface area contributed by atoms with Crippen LogP contribution < -0.4 is 11.2 Å². The minimum atomic E-state index is -0.404.